The molecule has 0 radical (unpaired) electrons. The van der Waals surface area contributed by atoms with Crippen LogP contribution in [-0.4, -0.2) is 23.1 Å². The monoisotopic (exact) mass is 508 g/mol. The van der Waals surface area contributed by atoms with E-state index in [1.807, 2.05) is 36.4 Å². The summed E-state index contributed by atoms with van der Waals surface area (Å²) in [6.45, 7) is 0. The molecule has 1 aliphatic rings. The molecular formula is C26H22F6N2O2. The SMILES string of the molecule is FC(F)(F)c1ccc(CCC2=N[C@H](c3ccccc3)[C@H](c3ccccc3)N2)cc1.O=C(O)C(F)(F)F. The molecule has 0 bridgehead atoms. The lowest BCUT2D eigenvalue weighted by Crippen LogP contribution is -2.24. The Morgan fingerprint density at radius 1 is 0.778 bits per heavy atom. The van der Waals surface area contributed by atoms with Crippen LogP contribution in [0.1, 0.15) is 40.8 Å². The van der Waals surface area contributed by atoms with Crippen LogP contribution in [0.5, 0.6) is 0 Å². The second-order valence-electron chi connectivity index (χ2n) is 7.96. The molecular weight excluding hydrogens is 486 g/mol. The summed E-state index contributed by atoms with van der Waals surface area (Å²) in [4.78, 5) is 13.8. The number of halogens is 6. The highest BCUT2D eigenvalue weighted by Gasteiger charge is 2.38. The van der Waals surface area contributed by atoms with E-state index in [0.717, 1.165) is 34.7 Å². The van der Waals surface area contributed by atoms with Crippen molar-refractivity contribution < 1.29 is 36.2 Å². The maximum atomic E-state index is 12.7. The van der Waals surface area contributed by atoms with Gasteiger partial charge in [-0.25, -0.2) is 4.79 Å². The molecule has 36 heavy (non-hydrogen) atoms. The summed E-state index contributed by atoms with van der Waals surface area (Å²) in [5, 5.41) is 10.7. The van der Waals surface area contributed by atoms with Gasteiger partial charge in [-0.1, -0.05) is 72.8 Å². The molecule has 0 aliphatic carbocycles. The van der Waals surface area contributed by atoms with Crippen LogP contribution in [0.3, 0.4) is 0 Å². The topological polar surface area (TPSA) is 61.7 Å². The van der Waals surface area contributed by atoms with Gasteiger partial charge >= 0.3 is 18.3 Å². The van der Waals surface area contributed by atoms with Gasteiger partial charge in [-0.2, -0.15) is 26.3 Å². The molecule has 1 aliphatic heterocycles. The third-order valence-electron chi connectivity index (χ3n) is 5.41. The predicted molar refractivity (Wildman–Crippen MR) is 122 cm³/mol. The Morgan fingerprint density at radius 3 is 1.75 bits per heavy atom. The van der Waals surface area contributed by atoms with Crippen LogP contribution in [-0.2, 0) is 17.4 Å². The first kappa shape index (κ1) is 26.8. The minimum atomic E-state index is -5.08. The molecule has 3 aromatic carbocycles. The first-order chi connectivity index (χ1) is 16.9. The number of hydrogen-bond acceptors (Lipinski definition) is 3. The summed E-state index contributed by atoms with van der Waals surface area (Å²) in [5.74, 6) is -1.87. The van der Waals surface area contributed by atoms with E-state index in [2.05, 4.69) is 29.6 Å². The highest BCUT2D eigenvalue weighted by molar-refractivity contribution is 5.85. The summed E-state index contributed by atoms with van der Waals surface area (Å²) in [6.07, 6.45) is -8.10. The number of amidine groups is 1. The molecule has 0 saturated carbocycles. The number of benzene rings is 3. The number of carboxylic acids is 1. The number of hydrogen-bond donors (Lipinski definition) is 2. The molecule has 1 heterocycles. The van der Waals surface area contributed by atoms with E-state index in [1.54, 1.807) is 12.1 Å². The van der Waals surface area contributed by atoms with Gasteiger partial charge in [0.1, 0.15) is 6.04 Å². The number of aliphatic carboxylic acids is 1. The Kier molecular flexibility index (Phi) is 8.39. The van der Waals surface area contributed by atoms with Gasteiger partial charge in [0.15, 0.2) is 0 Å². The minimum Gasteiger partial charge on any atom is -0.475 e. The third kappa shape index (κ3) is 7.34. The molecule has 0 fully saturated rings. The fraction of sp³-hybridized carbons (Fsp3) is 0.231. The van der Waals surface area contributed by atoms with Crippen LogP contribution >= 0.6 is 0 Å². The van der Waals surface area contributed by atoms with Gasteiger partial charge in [0.05, 0.1) is 17.4 Å². The van der Waals surface area contributed by atoms with Gasteiger partial charge in [0, 0.05) is 6.42 Å². The molecule has 4 nitrogen and oxygen atoms in total. The molecule has 2 atom stereocenters. The van der Waals surface area contributed by atoms with Gasteiger partial charge in [0.2, 0.25) is 0 Å². The second kappa shape index (κ2) is 11.3. The van der Waals surface area contributed by atoms with Gasteiger partial charge in [-0.3, -0.25) is 4.99 Å². The molecule has 3 aromatic rings. The van der Waals surface area contributed by atoms with E-state index >= 15 is 0 Å². The van der Waals surface area contributed by atoms with Crippen LogP contribution < -0.4 is 5.32 Å². The lowest BCUT2D eigenvalue weighted by atomic mass is 9.95. The van der Waals surface area contributed by atoms with Gasteiger partial charge in [0.25, 0.3) is 0 Å². The van der Waals surface area contributed by atoms with E-state index in [1.165, 1.54) is 0 Å². The number of nitrogens with one attached hydrogen (secondary N) is 1. The van der Waals surface area contributed by atoms with Crippen molar-refractivity contribution in [2.75, 3.05) is 0 Å². The fourth-order valence-electron chi connectivity index (χ4n) is 3.64. The predicted octanol–water partition coefficient (Wildman–Crippen LogP) is 6.76. The van der Waals surface area contributed by atoms with Crippen LogP contribution in [0.15, 0.2) is 89.9 Å². The standard InChI is InChI=1S/C24H21F3N2.C2HF3O2/c25-24(26,27)20-14-11-17(12-15-20)13-16-21-28-22(18-7-3-1-4-8-18)23(29-21)19-9-5-2-6-10-19;3-2(4,5)1(6)7/h1-12,14-15,22-23H,13,16H2,(H,28,29);(H,6,7)/t22-,23+;. The first-order valence-corrected chi connectivity index (χ1v) is 10.8. The second-order valence-corrected chi connectivity index (χ2v) is 7.96. The average Bonchev–Trinajstić information content (AvgIpc) is 3.28. The first-order valence-electron chi connectivity index (χ1n) is 10.8. The highest BCUT2D eigenvalue weighted by atomic mass is 19.4. The number of nitrogens with zero attached hydrogens (tertiary/aromatic N) is 1. The van der Waals surface area contributed by atoms with Crippen molar-refractivity contribution in [3.05, 3.63) is 107 Å². The van der Waals surface area contributed by atoms with E-state index in [9.17, 15) is 26.3 Å². The molecule has 0 saturated heterocycles. The number of alkyl halides is 6. The Morgan fingerprint density at radius 2 is 1.28 bits per heavy atom. The molecule has 2 N–H and O–H groups in total. The largest absolute Gasteiger partial charge is 0.490 e. The lowest BCUT2D eigenvalue weighted by Gasteiger charge is -2.19. The smallest absolute Gasteiger partial charge is 0.475 e. The number of carbonyl (C=O) groups is 1. The van der Waals surface area contributed by atoms with E-state index in [4.69, 9.17) is 14.9 Å². The van der Waals surface area contributed by atoms with E-state index in [-0.39, 0.29) is 12.1 Å². The number of aliphatic imine (C=N–C) groups is 1. The number of aryl methyl sites for hydroxylation is 1. The molecule has 0 aromatic heterocycles. The number of rotatable bonds is 5. The zero-order valence-corrected chi connectivity index (χ0v) is 18.7. The maximum absolute atomic E-state index is 12.7. The molecule has 190 valence electrons. The molecule has 0 unspecified atom stereocenters. The quantitative estimate of drug-likeness (QED) is 0.375. The molecule has 0 amide bonds. The minimum absolute atomic E-state index is 0.0267. The van der Waals surface area contributed by atoms with Crippen LogP contribution in [0.2, 0.25) is 0 Å². The summed E-state index contributed by atoms with van der Waals surface area (Å²) < 4.78 is 69.9. The third-order valence-corrected chi connectivity index (χ3v) is 5.41. The van der Waals surface area contributed by atoms with Crippen molar-refractivity contribution in [2.45, 2.75) is 37.3 Å². The zero-order valence-electron chi connectivity index (χ0n) is 18.7. The fourth-order valence-corrected chi connectivity index (χ4v) is 3.64. The summed E-state index contributed by atoms with van der Waals surface area (Å²) >= 11 is 0. The average molecular weight is 508 g/mol. The maximum Gasteiger partial charge on any atom is 0.490 e. The van der Waals surface area contributed by atoms with Crippen LogP contribution in [0.25, 0.3) is 0 Å². The summed E-state index contributed by atoms with van der Waals surface area (Å²) in [7, 11) is 0. The van der Waals surface area contributed by atoms with Gasteiger partial charge < -0.3 is 10.4 Å². The Labute approximate surface area is 203 Å². The van der Waals surface area contributed by atoms with Crippen molar-refractivity contribution in [1.82, 2.24) is 5.32 Å². The van der Waals surface area contributed by atoms with Crippen molar-refractivity contribution in [3.8, 4) is 0 Å². The Balaban J connectivity index is 0.000000454. The zero-order chi connectivity index (χ0) is 26.3. The molecule has 10 heteroatoms. The molecule has 0 spiro atoms. The van der Waals surface area contributed by atoms with Crippen molar-refractivity contribution in [3.63, 3.8) is 0 Å². The van der Waals surface area contributed by atoms with Crippen molar-refractivity contribution >= 4 is 11.8 Å². The number of carboxylic acid groups (broad SMARTS) is 1. The Bertz CT molecular complexity index is 1160. The van der Waals surface area contributed by atoms with E-state index in [0.29, 0.717) is 12.8 Å². The Hall–Kier alpha value is -3.82. The van der Waals surface area contributed by atoms with Gasteiger partial charge in [-0.15, -0.1) is 0 Å². The lowest BCUT2D eigenvalue weighted by molar-refractivity contribution is -0.192. The normalized spacial score (nSPS) is 17.4. The van der Waals surface area contributed by atoms with E-state index < -0.39 is 23.9 Å². The van der Waals surface area contributed by atoms with Crippen molar-refractivity contribution in [1.29, 1.82) is 0 Å². The summed E-state index contributed by atoms with van der Waals surface area (Å²) in [6, 6.07) is 25.7. The summed E-state index contributed by atoms with van der Waals surface area (Å²) in [5.41, 5.74) is 2.54. The van der Waals surface area contributed by atoms with Crippen molar-refractivity contribution in [2.24, 2.45) is 4.99 Å². The highest BCUT2D eigenvalue weighted by Crippen LogP contribution is 2.36. The molecule has 4 rings (SSSR count). The van der Waals surface area contributed by atoms with Crippen LogP contribution in [0, 0.1) is 0 Å². The van der Waals surface area contributed by atoms with Crippen LogP contribution in [0.4, 0.5) is 26.3 Å². The van der Waals surface area contributed by atoms with Gasteiger partial charge in [-0.05, 0) is 35.2 Å².